The molecule has 0 aliphatic heterocycles. The van der Waals surface area contributed by atoms with Crippen molar-refractivity contribution in [2.24, 2.45) is 7.05 Å². The molecule has 0 bridgehead atoms. The van der Waals surface area contributed by atoms with E-state index in [-0.39, 0.29) is 5.91 Å². The van der Waals surface area contributed by atoms with Crippen LogP contribution in [-0.2, 0) is 7.05 Å². The van der Waals surface area contributed by atoms with Gasteiger partial charge in [0.2, 0.25) is 0 Å². The lowest BCUT2D eigenvalue weighted by Gasteiger charge is -2.10. The van der Waals surface area contributed by atoms with E-state index in [0.29, 0.717) is 11.5 Å². The summed E-state index contributed by atoms with van der Waals surface area (Å²) in [4.78, 5) is 17.7. The topological polar surface area (TPSA) is 59.8 Å². The number of aromatic nitrogens is 3. The molecule has 2 aromatic heterocycles. The number of benzene rings is 1. The Morgan fingerprint density at radius 1 is 1.33 bits per heavy atom. The van der Waals surface area contributed by atoms with Crippen molar-refractivity contribution < 1.29 is 4.79 Å². The molecule has 1 N–H and O–H groups in total. The summed E-state index contributed by atoms with van der Waals surface area (Å²) >= 11 is 3.47. The van der Waals surface area contributed by atoms with Crippen molar-refractivity contribution in [2.75, 3.05) is 5.32 Å². The fourth-order valence-corrected chi connectivity index (χ4v) is 3.37. The number of fused-ring (bicyclic) bond motifs is 1. The van der Waals surface area contributed by atoms with Crippen molar-refractivity contribution in [3.63, 3.8) is 0 Å². The van der Waals surface area contributed by atoms with Gasteiger partial charge in [0.05, 0.1) is 22.3 Å². The highest BCUT2D eigenvalue weighted by atomic mass is 79.9. The van der Waals surface area contributed by atoms with E-state index in [4.69, 9.17) is 4.98 Å². The highest BCUT2D eigenvalue weighted by molar-refractivity contribution is 9.10. The second-order valence-electron chi connectivity index (χ2n) is 6.21. The Morgan fingerprint density at radius 3 is 2.79 bits per heavy atom. The zero-order chi connectivity index (χ0) is 16.8. The van der Waals surface area contributed by atoms with E-state index in [9.17, 15) is 4.79 Å². The van der Waals surface area contributed by atoms with E-state index < -0.39 is 0 Å². The van der Waals surface area contributed by atoms with E-state index in [1.807, 2.05) is 44.3 Å². The number of nitrogens with one attached hydrogen (secondary N) is 1. The number of nitrogens with zero attached hydrogens (tertiary/aromatic N) is 3. The van der Waals surface area contributed by atoms with Gasteiger partial charge in [-0.05, 0) is 53.9 Å². The first-order valence-corrected chi connectivity index (χ1v) is 8.74. The van der Waals surface area contributed by atoms with Crippen molar-refractivity contribution in [3.8, 4) is 0 Å². The molecule has 1 aromatic carbocycles. The summed E-state index contributed by atoms with van der Waals surface area (Å²) in [6, 6.07) is 9.52. The Balaban J connectivity index is 1.82. The van der Waals surface area contributed by atoms with Crippen LogP contribution in [0, 0.1) is 6.92 Å². The Labute approximate surface area is 148 Å². The minimum Gasteiger partial charge on any atom is -0.321 e. The lowest BCUT2D eigenvalue weighted by molar-refractivity contribution is 0.102. The standard InChI is InChI=1S/C18H17BrN4O/c1-10-16-12(18(24)21-14-6-4-3-5-13(14)19)9-15(11-7-8-11)20-17(16)23(2)22-10/h3-6,9,11H,7-8H2,1-2H3,(H,21,24). The van der Waals surface area contributed by atoms with Gasteiger partial charge in [-0.3, -0.25) is 9.48 Å². The molecule has 4 rings (SSSR count). The molecule has 2 heterocycles. The first-order chi connectivity index (χ1) is 11.5. The molecule has 1 amide bonds. The Bertz CT molecular complexity index is 959. The molecule has 122 valence electrons. The van der Waals surface area contributed by atoms with Crippen LogP contribution in [0.3, 0.4) is 0 Å². The maximum Gasteiger partial charge on any atom is 0.256 e. The van der Waals surface area contributed by atoms with Crippen LogP contribution >= 0.6 is 15.9 Å². The fraction of sp³-hybridized carbons (Fsp3) is 0.278. The van der Waals surface area contributed by atoms with Gasteiger partial charge in [-0.2, -0.15) is 5.10 Å². The number of amides is 1. The van der Waals surface area contributed by atoms with E-state index >= 15 is 0 Å². The molecule has 0 spiro atoms. The van der Waals surface area contributed by atoms with Crippen molar-refractivity contribution in [1.82, 2.24) is 14.8 Å². The van der Waals surface area contributed by atoms with Gasteiger partial charge in [-0.1, -0.05) is 12.1 Å². The van der Waals surface area contributed by atoms with Crippen LogP contribution in [0.2, 0.25) is 0 Å². The maximum absolute atomic E-state index is 12.9. The smallest absolute Gasteiger partial charge is 0.256 e. The number of anilines is 1. The molecule has 0 saturated heterocycles. The first kappa shape index (κ1) is 15.3. The molecular formula is C18H17BrN4O. The van der Waals surface area contributed by atoms with Gasteiger partial charge in [-0.15, -0.1) is 0 Å². The van der Waals surface area contributed by atoms with Crippen molar-refractivity contribution in [3.05, 3.63) is 51.8 Å². The fourth-order valence-electron chi connectivity index (χ4n) is 2.98. The molecule has 24 heavy (non-hydrogen) atoms. The molecule has 1 aliphatic rings. The third-order valence-electron chi connectivity index (χ3n) is 4.35. The molecule has 5 nitrogen and oxygen atoms in total. The predicted octanol–water partition coefficient (Wildman–Crippen LogP) is 4.17. The Morgan fingerprint density at radius 2 is 2.08 bits per heavy atom. The SMILES string of the molecule is Cc1nn(C)c2nc(C3CC3)cc(C(=O)Nc3ccccc3Br)c12. The van der Waals surface area contributed by atoms with Crippen molar-refractivity contribution >= 4 is 38.6 Å². The molecule has 0 unspecified atom stereocenters. The number of carbonyl (C=O) groups excluding carboxylic acids is 1. The van der Waals surface area contributed by atoms with Crippen LogP contribution in [0.1, 0.15) is 40.5 Å². The van der Waals surface area contributed by atoms with Gasteiger partial charge in [0, 0.05) is 23.1 Å². The minimum absolute atomic E-state index is 0.132. The number of hydrogen-bond donors (Lipinski definition) is 1. The van der Waals surface area contributed by atoms with Gasteiger partial charge < -0.3 is 5.32 Å². The van der Waals surface area contributed by atoms with Gasteiger partial charge in [0.15, 0.2) is 5.65 Å². The summed E-state index contributed by atoms with van der Waals surface area (Å²) in [7, 11) is 1.87. The van der Waals surface area contributed by atoms with E-state index in [2.05, 4.69) is 26.3 Å². The predicted molar refractivity (Wildman–Crippen MR) is 97.3 cm³/mol. The Kier molecular flexibility index (Phi) is 3.64. The van der Waals surface area contributed by atoms with Crippen LogP contribution in [-0.4, -0.2) is 20.7 Å². The third-order valence-corrected chi connectivity index (χ3v) is 5.04. The maximum atomic E-state index is 12.9. The second-order valence-corrected chi connectivity index (χ2v) is 7.06. The largest absolute Gasteiger partial charge is 0.321 e. The summed E-state index contributed by atoms with van der Waals surface area (Å²) in [5.41, 5.74) is 3.97. The van der Waals surface area contributed by atoms with Crippen LogP contribution in [0.15, 0.2) is 34.8 Å². The summed E-state index contributed by atoms with van der Waals surface area (Å²) in [6.45, 7) is 1.91. The first-order valence-electron chi connectivity index (χ1n) is 7.94. The number of pyridine rings is 1. The number of para-hydroxylation sites is 1. The molecule has 1 fully saturated rings. The highest BCUT2D eigenvalue weighted by Crippen LogP contribution is 2.40. The zero-order valence-electron chi connectivity index (χ0n) is 13.5. The monoisotopic (exact) mass is 384 g/mol. The van der Waals surface area contributed by atoms with E-state index in [1.54, 1.807) is 4.68 Å². The summed E-state index contributed by atoms with van der Waals surface area (Å²) in [5.74, 6) is 0.340. The Hall–Kier alpha value is -2.21. The molecule has 0 radical (unpaired) electrons. The number of rotatable bonds is 3. The average molecular weight is 385 g/mol. The number of hydrogen-bond acceptors (Lipinski definition) is 3. The van der Waals surface area contributed by atoms with Crippen molar-refractivity contribution in [1.29, 1.82) is 0 Å². The van der Waals surface area contributed by atoms with Gasteiger partial charge >= 0.3 is 0 Å². The number of carbonyl (C=O) groups is 1. The number of aryl methyl sites for hydroxylation is 2. The van der Waals surface area contributed by atoms with E-state index in [1.165, 1.54) is 0 Å². The normalized spacial score (nSPS) is 14.1. The summed E-state index contributed by atoms with van der Waals surface area (Å²) < 4.78 is 2.61. The molecule has 0 atom stereocenters. The van der Waals surface area contributed by atoms with Crippen LogP contribution in [0.4, 0.5) is 5.69 Å². The minimum atomic E-state index is -0.132. The zero-order valence-corrected chi connectivity index (χ0v) is 15.1. The molecule has 3 aromatic rings. The van der Waals surface area contributed by atoms with Crippen molar-refractivity contribution in [2.45, 2.75) is 25.7 Å². The van der Waals surface area contributed by atoms with Crippen LogP contribution < -0.4 is 5.32 Å². The number of halogens is 1. The van der Waals surface area contributed by atoms with Gasteiger partial charge in [-0.25, -0.2) is 4.98 Å². The van der Waals surface area contributed by atoms with E-state index in [0.717, 1.165) is 45.4 Å². The van der Waals surface area contributed by atoms with Crippen LogP contribution in [0.5, 0.6) is 0 Å². The molecule has 1 aliphatic carbocycles. The molecule has 1 saturated carbocycles. The molecular weight excluding hydrogens is 368 g/mol. The lowest BCUT2D eigenvalue weighted by atomic mass is 10.1. The molecule has 6 heteroatoms. The van der Waals surface area contributed by atoms with Gasteiger partial charge in [0.25, 0.3) is 5.91 Å². The summed E-state index contributed by atoms with van der Waals surface area (Å²) in [5, 5.41) is 8.26. The third kappa shape index (κ3) is 2.60. The van der Waals surface area contributed by atoms with Crippen LogP contribution in [0.25, 0.3) is 11.0 Å². The summed E-state index contributed by atoms with van der Waals surface area (Å²) in [6.07, 6.45) is 2.28. The highest BCUT2D eigenvalue weighted by Gasteiger charge is 2.28. The van der Waals surface area contributed by atoms with Gasteiger partial charge in [0.1, 0.15) is 0 Å². The second kappa shape index (κ2) is 5.70. The average Bonchev–Trinajstić information content (AvgIpc) is 3.36. The quantitative estimate of drug-likeness (QED) is 0.736. The lowest BCUT2D eigenvalue weighted by Crippen LogP contribution is -2.14.